The van der Waals surface area contributed by atoms with Crippen LogP contribution >= 0.6 is 0 Å². The number of fused-ring (bicyclic) bond motifs is 1. The molecule has 110 valence electrons. The Bertz CT molecular complexity index is 738. The molecule has 0 aliphatic rings. The smallest absolute Gasteiger partial charge is 0.329 e. The predicted octanol–water partition coefficient (Wildman–Crippen LogP) is -0.376. The van der Waals surface area contributed by atoms with Gasteiger partial charge in [-0.15, -0.1) is 0 Å². The molecule has 0 aromatic carbocycles. The first-order chi connectivity index (χ1) is 9.31. The number of hydrogen-bond acceptors (Lipinski definition) is 5. The van der Waals surface area contributed by atoms with Crippen LogP contribution in [0.5, 0.6) is 0 Å². The van der Waals surface area contributed by atoms with E-state index < -0.39 is 17.4 Å². The van der Waals surface area contributed by atoms with Crippen LogP contribution in [0.2, 0.25) is 0 Å². The molecule has 1 atom stereocenters. The van der Waals surface area contributed by atoms with Crippen LogP contribution in [0.25, 0.3) is 11.2 Å². The largest absolute Gasteiger partial charge is 0.392 e. The minimum atomic E-state index is -0.642. The molecule has 2 rings (SSSR count). The van der Waals surface area contributed by atoms with Crippen LogP contribution in [0.15, 0.2) is 9.59 Å². The fourth-order valence-corrected chi connectivity index (χ4v) is 2.04. The second-order valence-corrected chi connectivity index (χ2v) is 5.18. The Kier molecular flexibility index (Phi) is 3.67. The number of anilines is 1. The van der Waals surface area contributed by atoms with Crippen molar-refractivity contribution in [2.45, 2.75) is 39.5 Å². The van der Waals surface area contributed by atoms with Crippen molar-refractivity contribution in [3.63, 3.8) is 0 Å². The van der Waals surface area contributed by atoms with Crippen molar-refractivity contribution in [1.29, 1.82) is 0 Å². The number of nitrogens with one attached hydrogen (secondary N) is 2. The Labute approximate surface area is 115 Å². The lowest BCUT2D eigenvalue weighted by Crippen LogP contribution is -2.29. The van der Waals surface area contributed by atoms with E-state index in [1.54, 1.807) is 18.5 Å². The van der Waals surface area contributed by atoms with Gasteiger partial charge >= 0.3 is 5.69 Å². The molecule has 0 aliphatic heterocycles. The van der Waals surface area contributed by atoms with E-state index in [4.69, 9.17) is 0 Å². The molecule has 20 heavy (non-hydrogen) atoms. The zero-order valence-electron chi connectivity index (χ0n) is 12.0. The Morgan fingerprint density at radius 3 is 2.55 bits per heavy atom. The first kappa shape index (κ1) is 14.3. The number of aryl methyl sites for hydroxylation is 1. The summed E-state index contributed by atoms with van der Waals surface area (Å²) >= 11 is 0. The van der Waals surface area contributed by atoms with Gasteiger partial charge in [-0.05, 0) is 20.8 Å². The summed E-state index contributed by atoms with van der Waals surface area (Å²) in [6.45, 7) is 5.72. The number of rotatable bonds is 4. The van der Waals surface area contributed by atoms with E-state index in [2.05, 4.69) is 15.3 Å². The summed E-state index contributed by atoms with van der Waals surface area (Å²) < 4.78 is 2.87. The van der Waals surface area contributed by atoms with Gasteiger partial charge in [0.05, 0.1) is 12.6 Å². The third-order valence-electron chi connectivity index (χ3n) is 2.87. The van der Waals surface area contributed by atoms with E-state index in [0.717, 1.165) is 0 Å². The fourth-order valence-electron chi connectivity index (χ4n) is 2.04. The van der Waals surface area contributed by atoms with Gasteiger partial charge in [0.2, 0.25) is 5.95 Å². The van der Waals surface area contributed by atoms with Crippen LogP contribution in [0, 0.1) is 0 Å². The highest BCUT2D eigenvalue weighted by Gasteiger charge is 2.18. The highest BCUT2D eigenvalue weighted by atomic mass is 16.3. The molecule has 0 fully saturated rings. The van der Waals surface area contributed by atoms with E-state index in [-0.39, 0.29) is 18.1 Å². The van der Waals surface area contributed by atoms with Gasteiger partial charge in [-0.3, -0.25) is 14.3 Å². The molecular formula is C12H19N5O3. The SMILES string of the molecule is CC(C)Nc1nc2c(c(=O)[nH]c(=O)n2C)n1C[C@H](C)O. The number of nitrogens with zero attached hydrogens (tertiary/aromatic N) is 3. The molecule has 0 spiro atoms. The molecule has 0 radical (unpaired) electrons. The van der Waals surface area contributed by atoms with Crippen molar-refractivity contribution in [2.75, 3.05) is 5.32 Å². The third kappa shape index (κ3) is 2.46. The number of aromatic nitrogens is 4. The maximum Gasteiger partial charge on any atom is 0.329 e. The molecule has 0 bridgehead atoms. The Morgan fingerprint density at radius 1 is 1.35 bits per heavy atom. The second kappa shape index (κ2) is 5.12. The lowest BCUT2D eigenvalue weighted by Gasteiger charge is -2.13. The lowest BCUT2D eigenvalue weighted by molar-refractivity contribution is 0.175. The summed E-state index contributed by atoms with van der Waals surface area (Å²) in [6.07, 6.45) is -0.642. The van der Waals surface area contributed by atoms with Crippen molar-refractivity contribution < 1.29 is 5.11 Å². The van der Waals surface area contributed by atoms with E-state index in [1.165, 1.54) is 4.57 Å². The van der Waals surface area contributed by atoms with Gasteiger partial charge in [-0.2, -0.15) is 4.98 Å². The Hall–Kier alpha value is -2.09. The maximum absolute atomic E-state index is 12.0. The summed E-state index contributed by atoms with van der Waals surface area (Å²) in [5.41, 5.74) is -0.452. The van der Waals surface area contributed by atoms with Gasteiger partial charge in [0.1, 0.15) is 0 Å². The molecule has 2 heterocycles. The van der Waals surface area contributed by atoms with Crippen LogP contribution in [0.4, 0.5) is 5.95 Å². The van der Waals surface area contributed by atoms with Crippen LogP contribution in [-0.2, 0) is 13.6 Å². The molecule has 0 aliphatic carbocycles. The van der Waals surface area contributed by atoms with Crippen molar-refractivity contribution >= 4 is 17.1 Å². The zero-order chi connectivity index (χ0) is 15.0. The lowest BCUT2D eigenvalue weighted by atomic mass is 10.4. The first-order valence-electron chi connectivity index (χ1n) is 6.45. The van der Waals surface area contributed by atoms with Gasteiger partial charge in [0, 0.05) is 13.1 Å². The predicted molar refractivity (Wildman–Crippen MR) is 76.0 cm³/mol. The molecule has 3 N–H and O–H groups in total. The van der Waals surface area contributed by atoms with E-state index in [1.807, 2.05) is 13.8 Å². The average molecular weight is 281 g/mol. The number of aliphatic hydroxyl groups excluding tert-OH is 1. The van der Waals surface area contributed by atoms with Crippen LogP contribution < -0.4 is 16.6 Å². The molecule has 0 saturated carbocycles. The molecular weight excluding hydrogens is 262 g/mol. The summed E-state index contributed by atoms with van der Waals surface area (Å²) in [6, 6.07) is 0.107. The number of imidazole rings is 1. The van der Waals surface area contributed by atoms with E-state index in [0.29, 0.717) is 11.6 Å². The highest BCUT2D eigenvalue weighted by molar-refractivity contribution is 5.74. The highest BCUT2D eigenvalue weighted by Crippen LogP contribution is 2.16. The fraction of sp³-hybridized carbons (Fsp3) is 0.583. The van der Waals surface area contributed by atoms with E-state index in [9.17, 15) is 14.7 Å². The minimum absolute atomic E-state index is 0.107. The van der Waals surface area contributed by atoms with Crippen LogP contribution in [0.1, 0.15) is 20.8 Å². The summed E-state index contributed by atoms with van der Waals surface area (Å²) in [5.74, 6) is 0.461. The molecule has 0 amide bonds. The standard InChI is InChI=1S/C12H19N5O3/c1-6(2)13-11-14-9-8(17(11)5-7(3)18)10(19)15-12(20)16(9)4/h6-7,18H,5H2,1-4H3,(H,13,14)(H,15,19,20)/t7-/m0/s1. The molecule has 0 saturated heterocycles. The Balaban J connectivity index is 2.79. The van der Waals surface area contributed by atoms with Crippen LogP contribution in [-0.4, -0.2) is 36.4 Å². The van der Waals surface area contributed by atoms with Gasteiger partial charge in [0.25, 0.3) is 5.56 Å². The molecule has 2 aromatic rings. The quantitative estimate of drug-likeness (QED) is 0.709. The number of aromatic amines is 1. The Morgan fingerprint density at radius 2 is 2.00 bits per heavy atom. The van der Waals surface area contributed by atoms with Crippen molar-refractivity contribution in [1.82, 2.24) is 19.1 Å². The van der Waals surface area contributed by atoms with Crippen LogP contribution in [0.3, 0.4) is 0 Å². The normalized spacial score (nSPS) is 13.1. The topological polar surface area (TPSA) is 105 Å². The molecule has 8 nitrogen and oxygen atoms in total. The van der Waals surface area contributed by atoms with Gasteiger partial charge in [-0.25, -0.2) is 4.79 Å². The van der Waals surface area contributed by atoms with Crippen molar-refractivity contribution in [3.8, 4) is 0 Å². The minimum Gasteiger partial charge on any atom is -0.392 e. The average Bonchev–Trinajstić information content (AvgIpc) is 2.64. The summed E-state index contributed by atoms with van der Waals surface area (Å²) in [5, 5.41) is 12.7. The van der Waals surface area contributed by atoms with Crippen molar-refractivity contribution in [3.05, 3.63) is 20.8 Å². The van der Waals surface area contributed by atoms with Gasteiger partial charge in [-0.1, -0.05) is 0 Å². The zero-order valence-corrected chi connectivity index (χ0v) is 12.0. The van der Waals surface area contributed by atoms with E-state index >= 15 is 0 Å². The van der Waals surface area contributed by atoms with Gasteiger partial charge in [0.15, 0.2) is 11.2 Å². The molecule has 0 unspecified atom stereocenters. The summed E-state index contributed by atoms with van der Waals surface area (Å²) in [4.78, 5) is 30.2. The first-order valence-corrected chi connectivity index (χ1v) is 6.45. The maximum atomic E-state index is 12.0. The number of H-pyrrole nitrogens is 1. The van der Waals surface area contributed by atoms with Crippen molar-refractivity contribution in [2.24, 2.45) is 7.05 Å². The number of hydrogen-bond donors (Lipinski definition) is 3. The number of aliphatic hydroxyl groups is 1. The third-order valence-corrected chi connectivity index (χ3v) is 2.87. The molecule has 2 aromatic heterocycles. The monoisotopic (exact) mass is 281 g/mol. The summed E-state index contributed by atoms with van der Waals surface area (Å²) in [7, 11) is 1.54. The second-order valence-electron chi connectivity index (χ2n) is 5.18. The molecule has 8 heteroatoms. The van der Waals surface area contributed by atoms with Gasteiger partial charge < -0.3 is 15.0 Å².